The van der Waals surface area contributed by atoms with Crippen LogP contribution in [-0.2, 0) is 0 Å². The van der Waals surface area contributed by atoms with Crippen LogP contribution in [0.1, 0.15) is 37.0 Å². The Balaban J connectivity index is 1.89. The van der Waals surface area contributed by atoms with Crippen molar-refractivity contribution in [3.8, 4) is 0 Å². The Morgan fingerprint density at radius 2 is 1.93 bits per heavy atom. The second-order valence-electron chi connectivity index (χ2n) is 6.54. The summed E-state index contributed by atoms with van der Waals surface area (Å²) in [4.78, 5) is 30.8. The molecule has 0 saturated carbocycles. The molecular weight excluding hydrogens is 358 g/mol. The molecule has 0 spiro atoms. The quantitative estimate of drug-likeness (QED) is 0.783. The van der Waals surface area contributed by atoms with Gasteiger partial charge in [-0.25, -0.2) is 4.79 Å². The van der Waals surface area contributed by atoms with Gasteiger partial charge in [0.1, 0.15) is 0 Å². The molecule has 2 aromatic carbocycles. The molecular formula is C21H25N3O2S. The van der Waals surface area contributed by atoms with Crippen LogP contribution in [0.4, 0.5) is 16.2 Å². The molecule has 5 nitrogen and oxygen atoms in total. The number of fused-ring (bicyclic) bond motifs is 2. The number of hydrogen-bond acceptors (Lipinski definition) is 3. The highest BCUT2D eigenvalue weighted by Gasteiger charge is 2.26. The SMILES string of the molecule is CCCCN(C)C(=O)Nc1ccc2c(c1)N(CC)C(=O)c1ccccc1S2. The normalized spacial score (nSPS) is 12.9. The van der Waals surface area contributed by atoms with Crippen LogP contribution in [0, 0.1) is 0 Å². The number of carbonyl (C=O) groups is 2. The van der Waals surface area contributed by atoms with Gasteiger partial charge in [0.25, 0.3) is 5.91 Å². The molecule has 0 aliphatic carbocycles. The topological polar surface area (TPSA) is 52.7 Å². The van der Waals surface area contributed by atoms with Crippen LogP contribution in [-0.4, -0.2) is 37.0 Å². The van der Waals surface area contributed by atoms with Gasteiger partial charge in [-0.1, -0.05) is 37.2 Å². The van der Waals surface area contributed by atoms with E-state index in [-0.39, 0.29) is 11.9 Å². The van der Waals surface area contributed by atoms with Gasteiger partial charge in [0.05, 0.1) is 11.3 Å². The van der Waals surface area contributed by atoms with E-state index in [2.05, 4.69) is 12.2 Å². The van der Waals surface area contributed by atoms with Gasteiger partial charge in [-0.15, -0.1) is 0 Å². The molecule has 0 radical (unpaired) electrons. The van der Waals surface area contributed by atoms with Crippen LogP contribution < -0.4 is 10.2 Å². The fraction of sp³-hybridized carbons (Fsp3) is 0.333. The lowest BCUT2D eigenvalue weighted by molar-refractivity contribution is 0.0985. The predicted octanol–water partition coefficient (Wildman–Crippen LogP) is 5.08. The molecule has 0 saturated heterocycles. The number of benzene rings is 2. The highest BCUT2D eigenvalue weighted by molar-refractivity contribution is 7.99. The maximum absolute atomic E-state index is 13.0. The van der Waals surface area contributed by atoms with Gasteiger partial charge in [0.2, 0.25) is 0 Å². The van der Waals surface area contributed by atoms with Gasteiger partial charge in [-0.05, 0) is 43.7 Å². The van der Waals surface area contributed by atoms with E-state index < -0.39 is 0 Å². The average Bonchev–Trinajstić information content (AvgIpc) is 2.79. The van der Waals surface area contributed by atoms with Crippen molar-refractivity contribution in [2.45, 2.75) is 36.5 Å². The molecule has 1 heterocycles. The first kappa shape index (κ1) is 19.3. The first-order valence-electron chi connectivity index (χ1n) is 9.30. The van der Waals surface area contributed by atoms with Gasteiger partial charge < -0.3 is 15.1 Å². The summed E-state index contributed by atoms with van der Waals surface area (Å²) in [5.74, 6) is -0.0112. The van der Waals surface area contributed by atoms with E-state index in [0.717, 1.165) is 34.9 Å². The minimum atomic E-state index is -0.137. The molecule has 3 amide bonds. The lowest BCUT2D eigenvalue weighted by Gasteiger charge is -2.23. The van der Waals surface area contributed by atoms with Gasteiger partial charge in [0, 0.05) is 35.6 Å². The van der Waals surface area contributed by atoms with Crippen molar-refractivity contribution < 1.29 is 9.59 Å². The van der Waals surface area contributed by atoms with Gasteiger partial charge in [0.15, 0.2) is 0 Å². The fourth-order valence-electron chi connectivity index (χ4n) is 3.03. The maximum atomic E-state index is 13.0. The van der Waals surface area contributed by atoms with Crippen LogP contribution in [0.25, 0.3) is 0 Å². The zero-order valence-electron chi connectivity index (χ0n) is 16.0. The number of amides is 3. The third-order valence-electron chi connectivity index (χ3n) is 4.59. The van der Waals surface area contributed by atoms with E-state index in [1.807, 2.05) is 49.4 Å². The van der Waals surface area contributed by atoms with Crippen molar-refractivity contribution in [2.75, 3.05) is 30.4 Å². The molecule has 27 heavy (non-hydrogen) atoms. The molecule has 0 aromatic heterocycles. The van der Waals surface area contributed by atoms with Crippen molar-refractivity contribution in [3.63, 3.8) is 0 Å². The van der Waals surface area contributed by atoms with Crippen LogP contribution >= 0.6 is 11.8 Å². The zero-order valence-corrected chi connectivity index (χ0v) is 16.8. The first-order chi connectivity index (χ1) is 13.0. The Hall–Kier alpha value is -2.47. The monoisotopic (exact) mass is 383 g/mol. The van der Waals surface area contributed by atoms with Crippen LogP contribution in [0.3, 0.4) is 0 Å². The number of anilines is 2. The Labute approximate surface area is 164 Å². The molecule has 1 aliphatic heterocycles. The van der Waals surface area contributed by atoms with Gasteiger partial charge in [-0.2, -0.15) is 0 Å². The van der Waals surface area contributed by atoms with Crippen molar-refractivity contribution in [2.24, 2.45) is 0 Å². The molecule has 6 heteroatoms. The number of hydrogen-bond donors (Lipinski definition) is 1. The molecule has 0 fully saturated rings. The standard InChI is InChI=1S/C21H25N3O2S/c1-4-6-13-23(3)21(26)22-15-11-12-19-17(14-15)24(5-2)20(25)16-9-7-8-10-18(16)27-19/h7-12,14H,4-6,13H2,1-3H3,(H,22,26). The van der Waals surface area contributed by atoms with Crippen molar-refractivity contribution >= 4 is 35.1 Å². The van der Waals surface area contributed by atoms with Crippen molar-refractivity contribution in [3.05, 3.63) is 48.0 Å². The van der Waals surface area contributed by atoms with E-state index in [4.69, 9.17) is 0 Å². The van der Waals surface area contributed by atoms with E-state index in [1.54, 1.807) is 28.6 Å². The number of nitrogens with one attached hydrogen (secondary N) is 1. The first-order valence-corrected chi connectivity index (χ1v) is 10.1. The summed E-state index contributed by atoms with van der Waals surface area (Å²) < 4.78 is 0. The van der Waals surface area contributed by atoms with Crippen LogP contribution in [0.15, 0.2) is 52.3 Å². The number of nitrogens with zero attached hydrogens (tertiary/aromatic N) is 2. The van der Waals surface area contributed by atoms with E-state index >= 15 is 0 Å². The molecule has 3 rings (SSSR count). The fourth-order valence-corrected chi connectivity index (χ4v) is 4.09. The zero-order chi connectivity index (χ0) is 19.4. The van der Waals surface area contributed by atoms with Crippen LogP contribution in [0.2, 0.25) is 0 Å². The number of unbranched alkanes of at least 4 members (excludes halogenated alkanes) is 1. The second kappa shape index (κ2) is 8.48. The van der Waals surface area contributed by atoms with Crippen LogP contribution in [0.5, 0.6) is 0 Å². The number of carbonyl (C=O) groups excluding carboxylic acids is 2. The number of rotatable bonds is 5. The minimum absolute atomic E-state index is 0.0112. The molecule has 2 aromatic rings. The average molecular weight is 384 g/mol. The second-order valence-corrected chi connectivity index (χ2v) is 7.62. The summed E-state index contributed by atoms with van der Waals surface area (Å²) in [5.41, 5.74) is 2.24. The predicted molar refractivity (Wildman–Crippen MR) is 111 cm³/mol. The van der Waals surface area contributed by atoms with Gasteiger partial charge in [-0.3, -0.25) is 4.79 Å². The maximum Gasteiger partial charge on any atom is 0.321 e. The lowest BCUT2D eigenvalue weighted by atomic mass is 10.1. The summed E-state index contributed by atoms with van der Waals surface area (Å²) in [5, 5.41) is 2.94. The van der Waals surface area contributed by atoms with E-state index in [1.165, 1.54) is 0 Å². The largest absolute Gasteiger partial charge is 0.328 e. The smallest absolute Gasteiger partial charge is 0.321 e. The molecule has 0 unspecified atom stereocenters. The van der Waals surface area contributed by atoms with Gasteiger partial charge >= 0.3 is 6.03 Å². The molecule has 0 bridgehead atoms. The third-order valence-corrected chi connectivity index (χ3v) is 5.73. The van der Waals surface area contributed by atoms with E-state index in [0.29, 0.717) is 17.8 Å². The molecule has 1 N–H and O–H groups in total. The Bertz CT molecular complexity index is 853. The van der Waals surface area contributed by atoms with Crippen molar-refractivity contribution in [1.29, 1.82) is 0 Å². The van der Waals surface area contributed by atoms with E-state index in [9.17, 15) is 9.59 Å². The minimum Gasteiger partial charge on any atom is -0.328 e. The molecule has 1 aliphatic rings. The molecule has 142 valence electrons. The molecule has 0 atom stereocenters. The lowest BCUT2D eigenvalue weighted by Crippen LogP contribution is -2.32. The van der Waals surface area contributed by atoms with Crippen molar-refractivity contribution in [1.82, 2.24) is 4.90 Å². The summed E-state index contributed by atoms with van der Waals surface area (Å²) >= 11 is 1.59. The Morgan fingerprint density at radius 1 is 1.15 bits per heavy atom. The number of urea groups is 1. The summed E-state index contributed by atoms with van der Waals surface area (Å²) in [6, 6.07) is 13.3. The summed E-state index contributed by atoms with van der Waals surface area (Å²) in [7, 11) is 1.79. The highest BCUT2D eigenvalue weighted by atomic mass is 32.2. The Morgan fingerprint density at radius 3 is 2.67 bits per heavy atom. The third kappa shape index (κ3) is 4.11. The summed E-state index contributed by atoms with van der Waals surface area (Å²) in [6.45, 7) is 5.35. The Kier molecular flexibility index (Phi) is 6.06. The summed E-state index contributed by atoms with van der Waals surface area (Å²) in [6.07, 6.45) is 2.02. The highest BCUT2D eigenvalue weighted by Crippen LogP contribution is 2.42.